The van der Waals surface area contributed by atoms with E-state index < -0.39 is 0 Å². The second-order valence-electron chi connectivity index (χ2n) is 5.69. The molecule has 0 spiro atoms. The van der Waals surface area contributed by atoms with E-state index in [4.69, 9.17) is 4.74 Å². The zero-order valence-corrected chi connectivity index (χ0v) is 14.6. The Hall–Kier alpha value is -1.23. The van der Waals surface area contributed by atoms with Gasteiger partial charge < -0.3 is 10.1 Å². The molecule has 21 heavy (non-hydrogen) atoms. The summed E-state index contributed by atoms with van der Waals surface area (Å²) in [5, 5.41) is 3.75. The largest absolute Gasteiger partial charge is 0.497 e. The molecular weight excluding hydrogens is 373 g/mol. The lowest BCUT2D eigenvalue weighted by molar-refractivity contribution is 0.414. The predicted octanol–water partition coefficient (Wildman–Crippen LogP) is 5.17. The topological polar surface area (TPSA) is 21.3 Å². The summed E-state index contributed by atoms with van der Waals surface area (Å²) in [5.74, 6) is 1.66. The molecule has 3 rings (SSSR count). The van der Waals surface area contributed by atoms with Gasteiger partial charge in [0.2, 0.25) is 0 Å². The standard InChI is InChI=1S/C18H20INO/c1-12-11-15(19)7-10-17(12)20-18(13-3-4-13)14-5-8-16(21-2)9-6-14/h5-11,13,18,20H,3-4H2,1-2H3. The van der Waals surface area contributed by atoms with E-state index >= 15 is 0 Å². The van der Waals surface area contributed by atoms with Crippen LogP contribution in [0.2, 0.25) is 0 Å². The molecule has 2 aromatic carbocycles. The molecule has 2 nitrogen and oxygen atoms in total. The molecule has 1 fully saturated rings. The number of aryl methyl sites for hydroxylation is 1. The van der Waals surface area contributed by atoms with Crippen LogP contribution in [-0.4, -0.2) is 7.11 Å². The Labute approximate surface area is 140 Å². The highest BCUT2D eigenvalue weighted by Gasteiger charge is 2.32. The molecule has 0 bridgehead atoms. The zero-order chi connectivity index (χ0) is 14.8. The van der Waals surface area contributed by atoms with Crippen LogP contribution in [-0.2, 0) is 0 Å². The van der Waals surface area contributed by atoms with Crippen molar-refractivity contribution in [2.75, 3.05) is 12.4 Å². The monoisotopic (exact) mass is 393 g/mol. The van der Waals surface area contributed by atoms with Crippen molar-refractivity contribution >= 4 is 28.3 Å². The van der Waals surface area contributed by atoms with Gasteiger partial charge in [-0.1, -0.05) is 12.1 Å². The van der Waals surface area contributed by atoms with Gasteiger partial charge in [0.1, 0.15) is 5.75 Å². The average Bonchev–Trinajstić information content (AvgIpc) is 3.31. The van der Waals surface area contributed by atoms with Crippen LogP contribution >= 0.6 is 22.6 Å². The van der Waals surface area contributed by atoms with Crippen molar-refractivity contribution in [3.05, 3.63) is 57.2 Å². The van der Waals surface area contributed by atoms with Gasteiger partial charge in [-0.3, -0.25) is 0 Å². The lowest BCUT2D eigenvalue weighted by Gasteiger charge is -2.22. The number of hydrogen-bond donors (Lipinski definition) is 1. The summed E-state index contributed by atoms with van der Waals surface area (Å²) in [6.45, 7) is 2.17. The van der Waals surface area contributed by atoms with Gasteiger partial charge >= 0.3 is 0 Å². The Bertz CT molecular complexity index is 620. The Morgan fingerprint density at radius 1 is 1.14 bits per heavy atom. The maximum absolute atomic E-state index is 5.25. The predicted molar refractivity (Wildman–Crippen MR) is 96.0 cm³/mol. The number of ether oxygens (including phenoxy) is 1. The second kappa shape index (κ2) is 6.26. The molecule has 2 aromatic rings. The SMILES string of the molecule is COc1ccc(C(Nc2ccc(I)cc2C)C2CC2)cc1. The van der Waals surface area contributed by atoms with Crippen molar-refractivity contribution in [2.45, 2.75) is 25.8 Å². The molecule has 0 aliphatic heterocycles. The summed E-state index contributed by atoms with van der Waals surface area (Å²) in [7, 11) is 1.71. The fourth-order valence-corrected chi connectivity index (χ4v) is 3.32. The van der Waals surface area contributed by atoms with E-state index in [0.717, 1.165) is 11.7 Å². The summed E-state index contributed by atoms with van der Waals surface area (Å²) in [5.41, 5.74) is 3.89. The fourth-order valence-electron chi connectivity index (χ4n) is 2.67. The van der Waals surface area contributed by atoms with Gasteiger partial charge in [-0.05, 0) is 89.7 Å². The first-order valence-corrected chi connectivity index (χ1v) is 8.42. The molecule has 1 aliphatic carbocycles. The first kappa shape index (κ1) is 14.7. The molecule has 1 atom stereocenters. The molecule has 110 valence electrons. The van der Waals surface area contributed by atoms with Crippen LogP contribution in [0.15, 0.2) is 42.5 Å². The number of hydrogen-bond acceptors (Lipinski definition) is 2. The van der Waals surface area contributed by atoms with E-state index in [1.54, 1.807) is 7.11 Å². The number of nitrogens with one attached hydrogen (secondary N) is 1. The lowest BCUT2D eigenvalue weighted by Crippen LogP contribution is -2.13. The Morgan fingerprint density at radius 3 is 2.43 bits per heavy atom. The van der Waals surface area contributed by atoms with Crippen LogP contribution in [0.25, 0.3) is 0 Å². The molecule has 0 amide bonds. The van der Waals surface area contributed by atoms with Crippen molar-refractivity contribution < 1.29 is 4.74 Å². The van der Waals surface area contributed by atoms with Gasteiger partial charge in [-0.15, -0.1) is 0 Å². The summed E-state index contributed by atoms with van der Waals surface area (Å²) in [4.78, 5) is 0. The van der Waals surface area contributed by atoms with Crippen LogP contribution in [0.5, 0.6) is 5.75 Å². The third kappa shape index (κ3) is 3.51. The van der Waals surface area contributed by atoms with Crippen LogP contribution in [0.3, 0.4) is 0 Å². The van der Waals surface area contributed by atoms with Crippen molar-refractivity contribution in [3.8, 4) is 5.75 Å². The van der Waals surface area contributed by atoms with Crippen molar-refractivity contribution in [3.63, 3.8) is 0 Å². The summed E-state index contributed by atoms with van der Waals surface area (Å²) >= 11 is 2.36. The van der Waals surface area contributed by atoms with E-state index in [1.165, 1.54) is 33.2 Å². The third-order valence-electron chi connectivity index (χ3n) is 4.07. The molecule has 1 unspecified atom stereocenters. The Kier molecular flexibility index (Phi) is 4.38. The highest BCUT2D eigenvalue weighted by Crippen LogP contribution is 2.43. The number of methoxy groups -OCH3 is 1. The minimum atomic E-state index is 0.398. The van der Waals surface area contributed by atoms with Crippen molar-refractivity contribution in [2.24, 2.45) is 5.92 Å². The Morgan fingerprint density at radius 2 is 1.86 bits per heavy atom. The molecule has 0 radical (unpaired) electrons. The Balaban J connectivity index is 1.84. The normalized spacial score (nSPS) is 15.6. The molecule has 1 N–H and O–H groups in total. The van der Waals surface area contributed by atoms with Gasteiger partial charge in [0.25, 0.3) is 0 Å². The van der Waals surface area contributed by atoms with Gasteiger partial charge in [-0.25, -0.2) is 0 Å². The van der Waals surface area contributed by atoms with Crippen molar-refractivity contribution in [1.82, 2.24) is 0 Å². The van der Waals surface area contributed by atoms with Crippen LogP contribution in [0.4, 0.5) is 5.69 Å². The molecular formula is C18H20INO. The summed E-state index contributed by atoms with van der Waals surface area (Å²) < 4.78 is 6.53. The molecule has 0 aromatic heterocycles. The quantitative estimate of drug-likeness (QED) is 0.708. The summed E-state index contributed by atoms with van der Waals surface area (Å²) in [6, 6.07) is 15.4. The van der Waals surface area contributed by atoms with Gasteiger partial charge in [0, 0.05) is 9.26 Å². The fraction of sp³-hybridized carbons (Fsp3) is 0.333. The summed E-state index contributed by atoms with van der Waals surface area (Å²) in [6.07, 6.45) is 2.63. The number of rotatable bonds is 5. The number of anilines is 1. The maximum Gasteiger partial charge on any atom is 0.118 e. The molecule has 3 heteroatoms. The van der Waals surface area contributed by atoms with E-state index in [0.29, 0.717) is 6.04 Å². The minimum Gasteiger partial charge on any atom is -0.497 e. The third-order valence-corrected chi connectivity index (χ3v) is 4.74. The second-order valence-corrected chi connectivity index (χ2v) is 6.94. The molecule has 1 aliphatic rings. The molecule has 1 saturated carbocycles. The molecule has 0 saturated heterocycles. The number of benzene rings is 2. The first-order chi connectivity index (χ1) is 10.2. The highest BCUT2D eigenvalue weighted by atomic mass is 127. The van der Waals surface area contributed by atoms with Crippen LogP contribution < -0.4 is 10.1 Å². The van der Waals surface area contributed by atoms with E-state index in [1.807, 2.05) is 12.1 Å². The van der Waals surface area contributed by atoms with E-state index in [2.05, 4.69) is 65.2 Å². The smallest absolute Gasteiger partial charge is 0.118 e. The molecule has 0 heterocycles. The minimum absolute atomic E-state index is 0.398. The van der Waals surface area contributed by atoms with Gasteiger partial charge in [0.15, 0.2) is 0 Å². The zero-order valence-electron chi connectivity index (χ0n) is 12.4. The van der Waals surface area contributed by atoms with Crippen LogP contribution in [0.1, 0.15) is 30.0 Å². The lowest BCUT2D eigenvalue weighted by atomic mass is 10.0. The van der Waals surface area contributed by atoms with E-state index in [9.17, 15) is 0 Å². The average molecular weight is 393 g/mol. The highest BCUT2D eigenvalue weighted by molar-refractivity contribution is 14.1. The first-order valence-electron chi connectivity index (χ1n) is 7.34. The van der Waals surface area contributed by atoms with E-state index in [-0.39, 0.29) is 0 Å². The van der Waals surface area contributed by atoms with Gasteiger partial charge in [0.05, 0.1) is 13.2 Å². The number of halogens is 1. The van der Waals surface area contributed by atoms with Gasteiger partial charge in [-0.2, -0.15) is 0 Å². The van der Waals surface area contributed by atoms with Crippen LogP contribution in [0, 0.1) is 16.4 Å². The van der Waals surface area contributed by atoms with Crippen molar-refractivity contribution in [1.29, 1.82) is 0 Å². The maximum atomic E-state index is 5.25.